The van der Waals surface area contributed by atoms with E-state index in [1.165, 1.54) is 11.8 Å². The number of hydrogen-bond acceptors (Lipinski definition) is 2. The molecular weight excluding hydrogens is 220 g/mol. The quantitative estimate of drug-likeness (QED) is 0.886. The van der Waals surface area contributed by atoms with Gasteiger partial charge in [0.15, 0.2) is 0 Å². The molecule has 1 aliphatic carbocycles. The third-order valence-corrected chi connectivity index (χ3v) is 4.07. The normalized spacial score (nSPS) is 21.1. The van der Waals surface area contributed by atoms with E-state index >= 15 is 0 Å². The number of nitrogens with zero attached hydrogens (tertiary/aromatic N) is 1. The van der Waals surface area contributed by atoms with E-state index < -0.39 is 0 Å². The van der Waals surface area contributed by atoms with Crippen LogP contribution in [0.15, 0.2) is 36.4 Å². The van der Waals surface area contributed by atoms with Crippen LogP contribution in [-0.4, -0.2) is 11.5 Å². The van der Waals surface area contributed by atoms with Gasteiger partial charge in [-0.3, -0.25) is 4.98 Å². The van der Waals surface area contributed by atoms with E-state index in [2.05, 4.69) is 54.5 Å². The van der Waals surface area contributed by atoms with Crippen LogP contribution >= 0.6 is 0 Å². The minimum absolute atomic E-state index is 0.559. The van der Waals surface area contributed by atoms with E-state index in [0.29, 0.717) is 5.41 Å². The van der Waals surface area contributed by atoms with Gasteiger partial charge in [0.2, 0.25) is 0 Å². The van der Waals surface area contributed by atoms with Crippen LogP contribution in [0.1, 0.15) is 26.0 Å². The average Bonchev–Trinajstić information content (AvgIpc) is 2.97. The summed E-state index contributed by atoms with van der Waals surface area (Å²) < 4.78 is 0. The van der Waals surface area contributed by atoms with Crippen molar-refractivity contribution < 1.29 is 0 Å². The molecule has 1 heterocycles. The van der Waals surface area contributed by atoms with Gasteiger partial charge >= 0.3 is 0 Å². The van der Waals surface area contributed by atoms with Crippen LogP contribution in [-0.2, 0) is 6.54 Å². The first-order valence-electron chi connectivity index (χ1n) is 6.70. The number of benzene rings is 1. The van der Waals surface area contributed by atoms with Gasteiger partial charge in [-0.25, -0.2) is 0 Å². The molecule has 0 radical (unpaired) electrons. The number of aromatic nitrogens is 1. The van der Waals surface area contributed by atoms with E-state index in [9.17, 15) is 0 Å². The maximum absolute atomic E-state index is 4.67. The highest BCUT2D eigenvalue weighted by Crippen LogP contribution is 2.50. The Morgan fingerprint density at radius 3 is 2.78 bits per heavy atom. The standard InChI is InChI=1S/C16H20N2/c1-16(2)9-13(16)10-17-11-14-8-7-12-5-3-4-6-15(12)18-14/h3-8,13,17H,9-11H2,1-2H3. The summed E-state index contributed by atoms with van der Waals surface area (Å²) in [6, 6.07) is 12.5. The van der Waals surface area contributed by atoms with E-state index in [-0.39, 0.29) is 0 Å². The Morgan fingerprint density at radius 1 is 1.22 bits per heavy atom. The molecule has 0 amide bonds. The molecule has 18 heavy (non-hydrogen) atoms. The summed E-state index contributed by atoms with van der Waals surface area (Å²) in [6.45, 7) is 6.67. The predicted octanol–water partition coefficient (Wildman–Crippen LogP) is 3.37. The zero-order chi connectivity index (χ0) is 12.6. The van der Waals surface area contributed by atoms with Gasteiger partial charge in [-0.2, -0.15) is 0 Å². The molecule has 2 aromatic rings. The van der Waals surface area contributed by atoms with E-state index in [0.717, 1.165) is 30.2 Å². The fourth-order valence-electron chi connectivity index (χ4n) is 2.51. The van der Waals surface area contributed by atoms with E-state index in [1.54, 1.807) is 0 Å². The average molecular weight is 240 g/mol. The maximum Gasteiger partial charge on any atom is 0.0705 e. The van der Waals surface area contributed by atoms with Crippen molar-refractivity contribution in [2.75, 3.05) is 6.54 Å². The van der Waals surface area contributed by atoms with Crippen LogP contribution in [0, 0.1) is 11.3 Å². The second-order valence-corrected chi connectivity index (χ2v) is 6.02. The highest BCUT2D eigenvalue weighted by Gasteiger charge is 2.44. The second kappa shape index (κ2) is 4.36. The molecule has 1 aromatic heterocycles. The van der Waals surface area contributed by atoms with Gasteiger partial charge in [0, 0.05) is 11.9 Å². The molecule has 2 nitrogen and oxygen atoms in total. The van der Waals surface area contributed by atoms with Crippen molar-refractivity contribution in [2.45, 2.75) is 26.8 Å². The Hall–Kier alpha value is -1.41. The zero-order valence-electron chi connectivity index (χ0n) is 11.1. The lowest BCUT2D eigenvalue weighted by Crippen LogP contribution is -2.18. The molecule has 1 aromatic carbocycles. The Bertz CT molecular complexity index is 560. The number of nitrogens with one attached hydrogen (secondary N) is 1. The van der Waals surface area contributed by atoms with Gasteiger partial charge in [-0.1, -0.05) is 38.1 Å². The van der Waals surface area contributed by atoms with Crippen LogP contribution in [0.25, 0.3) is 10.9 Å². The Morgan fingerprint density at radius 2 is 2.00 bits per heavy atom. The van der Waals surface area contributed by atoms with Gasteiger partial charge in [0.1, 0.15) is 0 Å². The van der Waals surface area contributed by atoms with Crippen molar-refractivity contribution in [3.63, 3.8) is 0 Å². The van der Waals surface area contributed by atoms with Crippen LogP contribution in [0.3, 0.4) is 0 Å². The Balaban J connectivity index is 1.61. The van der Waals surface area contributed by atoms with Crippen molar-refractivity contribution in [1.29, 1.82) is 0 Å². The third kappa shape index (κ3) is 2.39. The molecule has 1 N–H and O–H groups in total. The summed E-state index contributed by atoms with van der Waals surface area (Å²) >= 11 is 0. The topological polar surface area (TPSA) is 24.9 Å². The number of fused-ring (bicyclic) bond motifs is 1. The summed E-state index contributed by atoms with van der Waals surface area (Å²) in [6.07, 6.45) is 1.35. The molecule has 1 saturated carbocycles. The highest BCUT2D eigenvalue weighted by atomic mass is 14.9. The molecule has 0 spiro atoms. The van der Waals surface area contributed by atoms with E-state index in [1.807, 2.05) is 6.07 Å². The molecule has 1 unspecified atom stereocenters. The Labute approximate surface area is 108 Å². The fourth-order valence-corrected chi connectivity index (χ4v) is 2.51. The molecule has 94 valence electrons. The maximum atomic E-state index is 4.67. The SMILES string of the molecule is CC1(C)CC1CNCc1ccc2ccccc2n1. The predicted molar refractivity (Wildman–Crippen MR) is 75.3 cm³/mol. The van der Waals surface area contributed by atoms with Gasteiger partial charge in [-0.15, -0.1) is 0 Å². The first-order chi connectivity index (χ1) is 8.65. The molecular formula is C16H20N2. The number of para-hydroxylation sites is 1. The van der Waals surface area contributed by atoms with Crippen molar-refractivity contribution in [2.24, 2.45) is 11.3 Å². The molecule has 1 atom stereocenters. The zero-order valence-corrected chi connectivity index (χ0v) is 11.1. The summed E-state index contributed by atoms with van der Waals surface area (Å²) in [5.41, 5.74) is 2.78. The monoisotopic (exact) mass is 240 g/mol. The lowest BCUT2D eigenvalue weighted by molar-refractivity contribution is 0.518. The third-order valence-electron chi connectivity index (χ3n) is 4.07. The molecule has 0 saturated heterocycles. The molecule has 2 heteroatoms. The largest absolute Gasteiger partial charge is 0.311 e. The highest BCUT2D eigenvalue weighted by molar-refractivity contribution is 5.78. The van der Waals surface area contributed by atoms with Gasteiger partial charge in [-0.05, 0) is 36.4 Å². The lowest BCUT2D eigenvalue weighted by Gasteiger charge is -2.06. The number of pyridine rings is 1. The van der Waals surface area contributed by atoms with Crippen LogP contribution in [0.5, 0.6) is 0 Å². The number of hydrogen-bond donors (Lipinski definition) is 1. The van der Waals surface area contributed by atoms with Crippen molar-refractivity contribution >= 4 is 10.9 Å². The van der Waals surface area contributed by atoms with Crippen molar-refractivity contribution in [3.05, 3.63) is 42.1 Å². The smallest absolute Gasteiger partial charge is 0.0705 e. The lowest BCUT2D eigenvalue weighted by atomic mass is 10.1. The Kier molecular flexibility index (Phi) is 2.83. The molecule has 1 aliphatic rings. The minimum Gasteiger partial charge on any atom is -0.311 e. The minimum atomic E-state index is 0.559. The molecule has 3 rings (SSSR count). The molecule has 0 bridgehead atoms. The van der Waals surface area contributed by atoms with Gasteiger partial charge < -0.3 is 5.32 Å². The van der Waals surface area contributed by atoms with Gasteiger partial charge in [0.25, 0.3) is 0 Å². The fraction of sp³-hybridized carbons (Fsp3) is 0.438. The summed E-state index contributed by atoms with van der Waals surface area (Å²) in [7, 11) is 0. The summed E-state index contributed by atoms with van der Waals surface area (Å²) in [5.74, 6) is 0.845. The van der Waals surface area contributed by atoms with Crippen LogP contribution < -0.4 is 5.32 Å². The van der Waals surface area contributed by atoms with Crippen LogP contribution in [0.4, 0.5) is 0 Å². The number of rotatable bonds is 4. The first kappa shape index (κ1) is 11.7. The van der Waals surface area contributed by atoms with Gasteiger partial charge in [0.05, 0.1) is 11.2 Å². The second-order valence-electron chi connectivity index (χ2n) is 6.02. The molecule has 1 fully saturated rings. The van der Waals surface area contributed by atoms with Crippen molar-refractivity contribution in [1.82, 2.24) is 10.3 Å². The first-order valence-corrected chi connectivity index (χ1v) is 6.70. The summed E-state index contributed by atoms with van der Waals surface area (Å²) in [5, 5.41) is 4.73. The van der Waals surface area contributed by atoms with E-state index in [4.69, 9.17) is 0 Å². The van der Waals surface area contributed by atoms with Crippen LogP contribution in [0.2, 0.25) is 0 Å². The van der Waals surface area contributed by atoms with Crippen molar-refractivity contribution in [3.8, 4) is 0 Å². The summed E-state index contributed by atoms with van der Waals surface area (Å²) in [4.78, 5) is 4.67. The molecule has 0 aliphatic heterocycles.